The second kappa shape index (κ2) is 12.1. The van der Waals surface area contributed by atoms with E-state index in [1.54, 1.807) is 50.2 Å². The molecule has 3 aromatic carbocycles. The molecule has 0 heterocycles. The number of sulfonamides is 1. The molecule has 0 unspecified atom stereocenters. The van der Waals surface area contributed by atoms with Gasteiger partial charge in [0, 0.05) is 18.6 Å². The summed E-state index contributed by atoms with van der Waals surface area (Å²) in [4.78, 5) is 27.6. The molecular weight excluding hydrogens is 498 g/mol. The highest BCUT2D eigenvalue weighted by Crippen LogP contribution is 2.31. The van der Waals surface area contributed by atoms with Crippen LogP contribution in [0.1, 0.15) is 18.1 Å². The molecule has 0 saturated heterocycles. The van der Waals surface area contributed by atoms with Crippen molar-refractivity contribution in [3.8, 4) is 0 Å². The maximum Gasteiger partial charge on any atom is 0.264 e. The van der Waals surface area contributed by atoms with Crippen molar-refractivity contribution in [3.05, 3.63) is 95.0 Å². The zero-order valence-electron chi connectivity index (χ0n) is 20.5. The number of benzene rings is 3. The number of nitrogens with one attached hydrogen (secondary N) is 1. The minimum Gasteiger partial charge on any atom is -0.357 e. The molecule has 0 bridgehead atoms. The van der Waals surface area contributed by atoms with Gasteiger partial charge in [0.05, 0.1) is 10.6 Å². The van der Waals surface area contributed by atoms with Gasteiger partial charge in [-0.3, -0.25) is 13.9 Å². The number of halogens is 1. The molecule has 0 aliphatic carbocycles. The van der Waals surface area contributed by atoms with Gasteiger partial charge in [-0.2, -0.15) is 0 Å². The fraction of sp³-hybridized carbons (Fsp3) is 0.259. The monoisotopic (exact) mass is 527 g/mol. The Bertz CT molecular complexity index is 1300. The van der Waals surface area contributed by atoms with Gasteiger partial charge >= 0.3 is 0 Å². The zero-order valence-corrected chi connectivity index (χ0v) is 22.1. The summed E-state index contributed by atoms with van der Waals surface area (Å²) in [5, 5.41) is 2.96. The third-order valence-corrected chi connectivity index (χ3v) is 8.20. The van der Waals surface area contributed by atoms with E-state index in [2.05, 4.69) is 5.32 Å². The molecule has 190 valence electrons. The molecular formula is C27H30ClN3O4S. The molecule has 0 aromatic heterocycles. The Labute approximate surface area is 217 Å². The summed E-state index contributed by atoms with van der Waals surface area (Å²) >= 11 is 6.31. The summed E-state index contributed by atoms with van der Waals surface area (Å²) in [5.74, 6) is -0.839. The van der Waals surface area contributed by atoms with Crippen LogP contribution in [0.15, 0.2) is 83.8 Å². The van der Waals surface area contributed by atoms with Crippen LogP contribution in [0.5, 0.6) is 0 Å². The van der Waals surface area contributed by atoms with E-state index >= 15 is 0 Å². The highest BCUT2D eigenvalue weighted by molar-refractivity contribution is 7.92. The van der Waals surface area contributed by atoms with Crippen molar-refractivity contribution in [1.82, 2.24) is 10.2 Å². The number of carbonyl (C=O) groups is 2. The van der Waals surface area contributed by atoms with Gasteiger partial charge in [0.1, 0.15) is 12.6 Å². The average molecular weight is 528 g/mol. The molecule has 0 spiro atoms. The lowest BCUT2D eigenvalue weighted by Gasteiger charge is -2.32. The maximum absolute atomic E-state index is 13.7. The molecule has 7 nitrogen and oxygen atoms in total. The van der Waals surface area contributed by atoms with Gasteiger partial charge in [-0.15, -0.1) is 0 Å². The first-order valence-corrected chi connectivity index (χ1v) is 13.4. The molecule has 0 aliphatic heterocycles. The van der Waals surface area contributed by atoms with Crippen molar-refractivity contribution in [2.24, 2.45) is 0 Å². The first-order chi connectivity index (χ1) is 17.2. The van der Waals surface area contributed by atoms with Crippen LogP contribution >= 0.6 is 11.6 Å². The second-order valence-corrected chi connectivity index (χ2v) is 10.6. The van der Waals surface area contributed by atoms with Gasteiger partial charge in [0.2, 0.25) is 11.8 Å². The van der Waals surface area contributed by atoms with Crippen LogP contribution in [0, 0.1) is 6.92 Å². The molecule has 0 fully saturated rings. The number of amides is 2. The Balaban J connectivity index is 2.00. The van der Waals surface area contributed by atoms with E-state index in [1.165, 1.54) is 24.1 Å². The summed E-state index contributed by atoms with van der Waals surface area (Å²) in [7, 11) is -2.61. The lowest BCUT2D eigenvalue weighted by Crippen LogP contribution is -2.51. The Morgan fingerprint density at radius 1 is 0.944 bits per heavy atom. The van der Waals surface area contributed by atoms with Crippen molar-refractivity contribution in [2.75, 3.05) is 24.4 Å². The summed E-state index contributed by atoms with van der Waals surface area (Å²) in [6.07, 6.45) is 0.509. The Morgan fingerprint density at radius 2 is 1.56 bits per heavy atom. The standard InChI is InChI=1S/C27H30ClN3O4S/c1-20-24(28)15-10-16-25(20)31(36(34,35)23-13-8-5-9-14-23)19-26(32)30(21(2)27(33)29-3)18-17-22-11-6-4-7-12-22/h4-16,21H,17-19H2,1-3H3,(H,29,33)/t21-/m0/s1. The van der Waals surface area contributed by atoms with Crippen molar-refractivity contribution in [1.29, 1.82) is 0 Å². The minimum atomic E-state index is -4.11. The van der Waals surface area contributed by atoms with E-state index in [0.29, 0.717) is 22.7 Å². The largest absolute Gasteiger partial charge is 0.357 e. The van der Waals surface area contributed by atoms with Crippen molar-refractivity contribution in [3.63, 3.8) is 0 Å². The van der Waals surface area contributed by atoms with Gasteiger partial charge in [0.15, 0.2) is 0 Å². The lowest BCUT2D eigenvalue weighted by molar-refractivity contribution is -0.138. The third-order valence-electron chi connectivity index (χ3n) is 6.02. The topological polar surface area (TPSA) is 86.8 Å². The van der Waals surface area contributed by atoms with Gasteiger partial charge in [-0.05, 0) is 55.7 Å². The summed E-state index contributed by atoms with van der Waals surface area (Å²) in [6, 6.07) is 21.6. The smallest absolute Gasteiger partial charge is 0.264 e. The molecule has 36 heavy (non-hydrogen) atoms. The van der Waals surface area contributed by atoms with Crippen LogP contribution < -0.4 is 9.62 Å². The number of hydrogen-bond acceptors (Lipinski definition) is 4. The first-order valence-electron chi connectivity index (χ1n) is 11.5. The summed E-state index contributed by atoms with van der Waals surface area (Å²) in [6.45, 7) is 3.08. The number of nitrogens with zero attached hydrogens (tertiary/aromatic N) is 2. The second-order valence-electron chi connectivity index (χ2n) is 8.32. The number of anilines is 1. The van der Waals surface area contributed by atoms with Crippen molar-refractivity contribution < 1.29 is 18.0 Å². The molecule has 9 heteroatoms. The van der Waals surface area contributed by atoms with E-state index in [4.69, 9.17) is 11.6 Å². The molecule has 2 amide bonds. The van der Waals surface area contributed by atoms with Gasteiger partial charge in [-0.25, -0.2) is 8.42 Å². The Hall–Kier alpha value is -3.36. The van der Waals surface area contributed by atoms with E-state index in [0.717, 1.165) is 9.87 Å². The van der Waals surface area contributed by atoms with Gasteiger partial charge < -0.3 is 10.2 Å². The Morgan fingerprint density at radius 3 is 2.17 bits per heavy atom. The third kappa shape index (κ3) is 6.25. The van der Waals surface area contributed by atoms with E-state index in [9.17, 15) is 18.0 Å². The number of likely N-dealkylation sites (N-methyl/N-ethyl adjacent to an activating group) is 1. The predicted octanol–water partition coefficient (Wildman–Crippen LogP) is 4.05. The molecule has 0 aliphatic rings. The molecule has 3 aromatic rings. The van der Waals surface area contributed by atoms with Crippen LogP contribution in [0.25, 0.3) is 0 Å². The van der Waals surface area contributed by atoms with Crippen LogP contribution in [-0.4, -0.2) is 51.3 Å². The molecule has 1 atom stereocenters. The van der Waals surface area contributed by atoms with Gasteiger partial charge in [0.25, 0.3) is 10.0 Å². The van der Waals surface area contributed by atoms with E-state index in [-0.39, 0.29) is 17.3 Å². The maximum atomic E-state index is 13.7. The summed E-state index contributed by atoms with van der Waals surface area (Å²) < 4.78 is 28.5. The van der Waals surface area contributed by atoms with Crippen molar-refractivity contribution >= 4 is 39.1 Å². The summed E-state index contributed by atoms with van der Waals surface area (Å²) in [5.41, 5.74) is 1.83. The molecule has 0 saturated carbocycles. The number of carbonyl (C=O) groups excluding carboxylic acids is 2. The SMILES string of the molecule is CNC(=O)[C@H](C)N(CCc1ccccc1)C(=O)CN(c1cccc(Cl)c1C)S(=O)(=O)c1ccccc1. The normalized spacial score (nSPS) is 12.0. The average Bonchev–Trinajstić information content (AvgIpc) is 2.89. The fourth-order valence-electron chi connectivity index (χ4n) is 3.88. The van der Waals surface area contributed by atoms with Crippen LogP contribution in [0.2, 0.25) is 5.02 Å². The fourth-order valence-corrected chi connectivity index (χ4v) is 5.54. The lowest BCUT2D eigenvalue weighted by atomic mass is 10.1. The Kier molecular flexibility index (Phi) is 9.12. The van der Waals surface area contributed by atoms with Crippen LogP contribution in [-0.2, 0) is 26.0 Å². The van der Waals surface area contributed by atoms with Crippen molar-refractivity contribution in [2.45, 2.75) is 31.2 Å². The molecule has 3 rings (SSSR count). The first kappa shape index (κ1) is 27.2. The molecule has 1 N–H and O–H groups in total. The zero-order chi connectivity index (χ0) is 26.3. The number of hydrogen-bond donors (Lipinski definition) is 1. The van der Waals surface area contributed by atoms with Crippen LogP contribution in [0.4, 0.5) is 5.69 Å². The van der Waals surface area contributed by atoms with Crippen LogP contribution in [0.3, 0.4) is 0 Å². The minimum absolute atomic E-state index is 0.0485. The number of rotatable bonds is 10. The quantitative estimate of drug-likeness (QED) is 0.431. The molecule has 0 radical (unpaired) electrons. The highest BCUT2D eigenvalue weighted by Gasteiger charge is 2.32. The highest BCUT2D eigenvalue weighted by atomic mass is 35.5. The van der Waals surface area contributed by atoms with E-state index < -0.39 is 28.5 Å². The van der Waals surface area contributed by atoms with Gasteiger partial charge in [-0.1, -0.05) is 66.2 Å². The predicted molar refractivity (Wildman–Crippen MR) is 143 cm³/mol. The van der Waals surface area contributed by atoms with E-state index in [1.807, 2.05) is 30.3 Å².